The molecule has 6 heteroatoms. The second kappa shape index (κ2) is 11.4. The standard InChI is InChI=1S/C20H18O6.2CH4/c1-13(21)15-3-7-17(8-4-15)19(23)25-11-12-26-20(24)18-9-5-16(6-10-18)14(2)22;;/h3-10H,11-12H2,1-2H3;2*1H4. The maximum Gasteiger partial charge on any atom is 0.338 e. The van der Waals surface area contributed by atoms with E-state index in [-0.39, 0.29) is 39.6 Å². The van der Waals surface area contributed by atoms with E-state index in [0.717, 1.165) is 0 Å². The molecular weight excluding hydrogens is 360 g/mol. The minimum absolute atomic E-state index is 0. The molecule has 0 N–H and O–H groups in total. The first-order valence-electron chi connectivity index (χ1n) is 7.94. The minimum Gasteiger partial charge on any atom is -0.458 e. The van der Waals surface area contributed by atoms with Gasteiger partial charge in [0.1, 0.15) is 13.2 Å². The van der Waals surface area contributed by atoms with E-state index in [2.05, 4.69) is 0 Å². The van der Waals surface area contributed by atoms with Crippen LogP contribution in [0.2, 0.25) is 0 Å². The first kappa shape index (κ1) is 24.7. The van der Waals surface area contributed by atoms with Crippen LogP contribution in [-0.4, -0.2) is 36.7 Å². The van der Waals surface area contributed by atoms with Gasteiger partial charge in [-0.1, -0.05) is 39.1 Å². The van der Waals surface area contributed by atoms with Crippen LogP contribution in [0.4, 0.5) is 0 Å². The van der Waals surface area contributed by atoms with Crippen molar-refractivity contribution in [1.29, 1.82) is 0 Å². The molecule has 0 aliphatic rings. The number of ether oxygens (including phenoxy) is 2. The lowest BCUT2D eigenvalue weighted by Crippen LogP contribution is -2.14. The third kappa shape index (κ3) is 6.79. The Morgan fingerprint density at radius 2 is 0.821 bits per heavy atom. The number of carbonyl (C=O) groups is 4. The predicted octanol–water partition coefficient (Wildman–Crippen LogP) is 4.38. The number of ketones is 2. The Labute approximate surface area is 165 Å². The van der Waals surface area contributed by atoms with Crippen LogP contribution in [0.15, 0.2) is 48.5 Å². The fourth-order valence-corrected chi connectivity index (χ4v) is 2.12. The van der Waals surface area contributed by atoms with Crippen molar-refractivity contribution in [2.45, 2.75) is 28.7 Å². The number of hydrogen-bond donors (Lipinski definition) is 0. The lowest BCUT2D eigenvalue weighted by atomic mass is 10.1. The van der Waals surface area contributed by atoms with E-state index >= 15 is 0 Å². The van der Waals surface area contributed by atoms with Crippen LogP contribution in [0.5, 0.6) is 0 Å². The van der Waals surface area contributed by atoms with Crippen LogP contribution >= 0.6 is 0 Å². The van der Waals surface area contributed by atoms with Crippen molar-refractivity contribution in [3.05, 3.63) is 70.8 Å². The lowest BCUT2D eigenvalue weighted by molar-refractivity contribution is 0.0265. The number of esters is 2. The van der Waals surface area contributed by atoms with E-state index < -0.39 is 11.9 Å². The molecule has 0 aliphatic carbocycles. The third-order valence-electron chi connectivity index (χ3n) is 3.60. The van der Waals surface area contributed by atoms with E-state index in [9.17, 15) is 19.2 Å². The van der Waals surface area contributed by atoms with Crippen LogP contribution < -0.4 is 0 Å². The Balaban J connectivity index is 0.00000364. The summed E-state index contributed by atoms with van der Waals surface area (Å²) >= 11 is 0. The van der Waals surface area contributed by atoms with Crippen LogP contribution in [0.25, 0.3) is 0 Å². The molecule has 2 aromatic carbocycles. The fourth-order valence-electron chi connectivity index (χ4n) is 2.12. The Kier molecular flexibility index (Phi) is 10.1. The second-order valence-corrected chi connectivity index (χ2v) is 5.54. The largest absolute Gasteiger partial charge is 0.458 e. The van der Waals surface area contributed by atoms with Gasteiger partial charge in [-0.3, -0.25) is 9.59 Å². The number of rotatable bonds is 7. The van der Waals surface area contributed by atoms with Gasteiger partial charge in [-0.15, -0.1) is 0 Å². The van der Waals surface area contributed by atoms with Crippen molar-refractivity contribution < 1.29 is 28.7 Å². The predicted molar refractivity (Wildman–Crippen MR) is 107 cm³/mol. The molecular formula is C22H26O6. The van der Waals surface area contributed by atoms with Crippen molar-refractivity contribution in [3.8, 4) is 0 Å². The highest BCUT2D eigenvalue weighted by Crippen LogP contribution is 2.08. The number of hydrogen-bond acceptors (Lipinski definition) is 6. The van der Waals surface area contributed by atoms with Gasteiger partial charge in [0.15, 0.2) is 11.6 Å². The van der Waals surface area contributed by atoms with E-state index in [1.807, 2.05) is 0 Å². The maximum atomic E-state index is 11.9. The average molecular weight is 386 g/mol. The molecule has 0 aliphatic heterocycles. The monoisotopic (exact) mass is 386 g/mol. The molecule has 2 rings (SSSR count). The zero-order chi connectivity index (χ0) is 19.1. The number of Topliss-reactive ketones (excluding diaryl/α,β-unsaturated/α-hetero) is 2. The van der Waals surface area contributed by atoms with E-state index in [0.29, 0.717) is 22.3 Å². The Morgan fingerprint density at radius 3 is 1.07 bits per heavy atom. The smallest absolute Gasteiger partial charge is 0.338 e. The summed E-state index contributed by atoms with van der Waals surface area (Å²) in [6, 6.07) is 12.2. The van der Waals surface area contributed by atoms with Crippen LogP contribution in [0, 0.1) is 0 Å². The van der Waals surface area contributed by atoms with Crippen molar-refractivity contribution in [2.24, 2.45) is 0 Å². The summed E-state index contributed by atoms with van der Waals surface area (Å²) in [6.45, 7) is 2.69. The summed E-state index contributed by atoms with van der Waals surface area (Å²) in [5.41, 5.74) is 1.62. The van der Waals surface area contributed by atoms with Gasteiger partial charge in [0.2, 0.25) is 0 Å². The molecule has 0 saturated heterocycles. The molecule has 0 aromatic heterocycles. The Bertz CT molecular complexity index is 748. The first-order chi connectivity index (χ1) is 12.4. The zero-order valence-corrected chi connectivity index (χ0v) is 14.5. The average Bonchev–Trinajstić information content (AvgIpc) is 2.65. The van der Waals surface area contributed by atoms with E-state index in [1.54, 1.807) is 24.3 Å². The SMILES string of the molecule is C.C.CC(=O)c1ccc(C(=O)OCCOC(=O)c2ccc(C(C)=O)cc2)cc1. The molecule has 0 spiro atoms. The first-order valence-corrected chi connectivity index (χ1v) is 7.94. The highest BCUT2D eigenvalue weighted by atomic mass is 16.6. The molecule has 0 atom stereocenters. The van der Waals surface area contributed by atoms with Gasteiger partial charge in [0.05, 0.1) is 11.1 Å². The molecule has 0 radical (unpaired) electrons. The molecule has 28 heavy (non-hydrogen) atoms. The molecule has 0 bridgehead atoms. The molecule has 0 saturated carbocycles. The van der Waals surface area contributed by atoms with Crippen molar-refractivity contribution in [3.63, 3.8) is 0 Å². The summed E-state index contributed by atoms with van der Waals surface area (Å²) in [4.78, 5) is 46.1. The van der Waals surface area contributed by atoms with Gasteiger partial charge in [-0.05, 0) is 38.1 Å². The van der Waals surface area contributed by atoms with Crippen molar-refractivity contribution >= 4 is 23.5 Å². The maximum absolute atomic E-state index is 11.9. The Morgan fingerprint density at radius 1 is 0.571 bits per heavy atom. The van der Waals surface area contributed by atoms with Gasteiger partial charge in [0, 0.05) is 11.1 Å². The summed E-state index contributed by atoms with van der Waals surface area (Å²) in [5.74, 6) is -1.31. The molecule has 2 aromatic rings. The molecule has 150 valence electrons. The number of carbonyl (C=O) groups excluding carboxylic acids is 4. The van der Waals surface area contributed by atoms with Gasteiger partial charge in [-0.2, -0.15) is 0 Å². The molecule has 0 fully saturated rings. The number of benzene rings is 2. The highest BCUT2D eigenvalue weighted by molar-refractivity contribution is 5.96. The minimum atomic E-state index is -0.568. The van der Waals surface area contributed by atoms with Crippen LogP contribution in [0.1, 0.15) is 70.1 Å². The summed E-state index contributed by atoms with van der Waals surface area (Å²) in [6.07, 6.45) is 0. The Hall–Kier alpha value is -3.28. The highest BCUT2D eigenvalue weighted by Gasteiger charge is 2.10. The van der Waals surface area contributed by atoms with Crippen LogP contribution in [0.3, 0.4) is 0 Å². The third-order valence-corrected chi connectivity index (χ3v) is 3.60. The molecule has 0 unspecified atom stereocenters. The summed E-state index contributed by atoms with van der Waals surface area (Å²) in [7, 11) is 0. The van der Waals surface area contributed by atoms with Gasteiger partial charge >= 0.3 is 11.9 Å². The van der Waals surface area contributed by atoms with E-state index in [1.165, 1.54) is 38.1 Å². The van der Waals surface area contributed by atoms with Gasteiger partial charge in [-0.25, -0.2) is 9.59 Å². The van der Waals surface area contributed by atoms with Crippen molar-refractivity contribution in [2.75, 3.05) is 13.2 Å². The molecule has 6 nitrogen and oxygen atoms in total. The summed E-state index contributed by atoms with van der Waals surface area (Å²) in [5, 5.41) is 0. The van der Waals surface area contributed by atoms with Gasteiger partial charge < -0.3 is 9.47 Å². The second-order valence-electron chi connectivity index (χ2n) is 5.54. The van der Waals surface area contributed by atoms with Gasteiger partial charge in [0.25, 0.3) is 0 Å². The topological polar surface area (TPSA) is 86.7 Å². The zero-order valence-electron chi connectivity index (χ0n) is 14.5. The normalized spacial score (nSPS) is 9.36. The van der Waals surface area contributed by atoms with E-state index in [4.69, 9.17) is 9.47 Å². The van der Waals surface area contributed by atoms with Crippen molar-refractivity contribution in [1.82, 2.24) is 0 Å². The summed E-state index contributed by atoms with van der Waals surface area (Å²) < 4.78 is 10.0. The quantitative estimate of drug-likeness (QED) is 0.399. The molecule has 0 amide bonds. The van der Waals surface area contributed by atoms with Crippen LogP contribution in [-0.2, 0) is 9.47 Å². The molecule has 0 heterocycles. The lowest BCUT2D eigenvalue weighted by Gasteiger charge is -2.07. The fraction of sp³-hybridized carbons (Fsp3) is 0.273.